The van der Waals surface area contributed by atoms with Crippen molar-refractivity contribution in [3.63, 3.8) is 0 Å². The Kier molecular flexibility index (Phi) is 5.10. The van der Waals surface area contributed by atoms with Crippen LogP contribution >= 0.6 is 22.9 Å². The van der Waals surface area contributed by atoms with Gasteiger partial charge in [0.1, 0.15) is 5.75 Å². The Morgan fingerprint density at radius 1 is 1.13 bits per heavy atom. The lowest BCUT2D eigenvalue weighted by Gasteiger charge is -2.07. The minimum absolute atomic E-state index is 0.134. The van der Waals surface area contributed by atoms with Gasteiger partial charge in [-0.15, -0.1) is 0 Å². The average Bonchev–Trinajstić information content (AvgIpc) is 3.36. The fraction of sp³-hybridized carbons (Fsp3) is 0.0833. The first kappa shape index (κ1) is 19.6. The Balaban J connectivity index is 1.41. The third-order valence-electron chi connectivity index (χ3n) is 5.12. The molecule has 0 aliphatic carbocycles. The summed E-state index contributed by atoms with van der Waals surface area (Å²) in [6.07, 6.45) is 2.01. The van der Waals surface area contributed by atoms with E-state index >= 15 is 0 Å². The zero-order valence-corrected chi connectivity index (χ0v) is 18.2. The number of carbonyl (C=O) groups excluding carboxylic acids is 1. The van der Waals surface area contributed by atoms with E-state index in [1.54, 1.807) is 18.4 Å². The molecule has 0 saturated heterocycles. The molecule has 1 amide bonds. The number of halogens is 1. The van der Waals surface area contributed by atoms with Crippen molar-refractivity contribution in [1.29, 1.82) is 0 Å². The van der Waals surface area contributed by atoms with Crippen LogP contribution in [0.1, 0.15) is 15.9 Å². The largest absolute Gasteiger partial charge is 0.497 e. The summed E-state index contributed by atoms with van der Waals surface area (Å²) in [5.41, 5.74) is 4.40. The lowest BCUT2D eigenvalue weighted by atomic mass is 10.1. The van der Waals surface area contributed by atoms with Gasteiger partial charge in [0.05, 0.1) is 23.0 Å². The number of rotatable bonds is 5. The first-order valence-corrected chi connectivity index (χ1v) is 10.9. The molecule has 7 heteroatoms. The summed E-state index contributed by atoms with van der Waals surface area (Å²) >= 11 is 7.73. The van der Waals surface area contributed by atoms with Gasteiger partial charge in [-0.2, -0.15) is 0 Å². The second-order valence-corrected chi connectivity index (χ2v) is 8.49. The van der Waals surface area contributed by atoms with E-state index in [-0.39, 0.29) is 5.91 Å². The zero-order valence-electron chi connectivity index (χ0n) is 16.6. The van der Waals surface area contributed by atoms with E-state index in [1.807, 2.05) is 72.9 Å². The number of thiazole rings is 1. The lowest BCUT2D eigenvalue weighted by molar-refractivity contribution is 0.0951. The molecule has 0 saturated carbocycles. The highest BCUT2D eigenvalue weighted by Gasteiger charge is 2.13. The molecule has 0 bridgehead atoms. The van der Waals surface area contributed by atoms with Gasteiger partial charge in [0.2, 0.25) is 0 Å². The number of nitrogens with zero attached hydrogens (tertiary/aromatic N) is 2. The van der Waals surface area contributed by atoms with Crippen molar-refractivity contribution in [3.05, 3.63) is 89.1 Å². The highest BCUT2D eigenvalue weighted by Crippen LogP contribution is 2.31. The van der Waals surface area contributed by atoms with E-state index in [0.717, 1.165) is 37.7 Å². The number of methoxy groups -OCH3 is 1. The number of benzene rings is 3. The van der Waals surface area contributed by atoms with Crippen LogP contribution in [-0.2, 0) is 6.54 Å². The van der Waals surface area contributed by atoms with E-state index in [9.17, 15) is 4.79 Å². The maximum atomic E-state index is 12.6. The van der Waals surface area contributed by atoms with Crippen molar-refractivity contribution in [2.75, 3.05) is 7.11 Å². The molecule has 5 rings (SSSR count). The molecule has 0 aliphatic heterocycles. The number of aromatic nitrogens is 2. The number of ether oxygens (including phenoxy) is 1. The molecule has 0 spiro atoms. The van der Waals surface area contributed by atoms with Gasteiger partial charge in [0.25, 0.3) is 5.91 Å². The van der Waals surface area contributed by atoms with Gasteiger partial charge < -0.3 is 10.1 Å². The van der Waals surface area contributed by atoms with Crippen molar-refractivity contribution in [1.82, 2.24) is 14.7 Å². The monoisotopic (exact) mass is 447 g/mol. The third kappa shape index (κ3) is 3.76. The van der Waals surface area contributed by atoms with Gasteiger partial charge in [-0.05, 0) is 42.0 Å². The summed E-state index contributed by atoms with van der Waals surface area (Å²) in [7, 11) is 1.65. The fourth-order valence-electron chi connectivity index (χ4n) is 3.48. The van der Waals surface area contributed by atoms with E-state index in [0.29, 0.717) is 17.1 Å². The van der Waals surface area contributed by atoms with Crippen LogP contribution in [0.25, 0.3) is 26.4 Å². The van der Waals surface area contributed by atoms with Gasteiger partial charge >= 0.3 is 0 Å². The number of carbonyl (C=O) groups is 1. The molecule has 3 aromatic carbocycles. The number of nitrogens with one attached hydrogen (secondary N) is 1. The number of imidazole rings is 1. The number of fused-ring (bicyclic) bond motifs is 3. The van der Waals surface area contributed by atoms with Gasteiger partial charge in [-0.1, -0.05) is 53.3 Å². The number of amides is 1. The van der Waals surface area contributed by atoms with Crippen molar-refractivity contribution >= 4 is 44.0 Å². The number of hydrogen-bond donors (Lipinski definition) is 1. The first-order chi connectivity index (χ1) is 15.1. The van der Waals surface area contributed by atoms with E-state index in [1.165, 1.54) is 0 Å². The Morgan fingerprint density at radius 2 is 2.00 bits per heavy atom. The second kappa shape index (κ2) is 8.06. The van der Waals surface area contributed by atoms with E-state index in [2.05, 4.69) is 9.72 Å². The van der Waals surface area contributed by atoms with Crippen LogP contribution < -0.4 is 10.1 Å². The molecule has 1 N–H and O–H groups in total. The SMILES string of the molecule is COc1cccc(-c2cn3c(n2)sc2cc(C(=O)NCc4ccccc4Cl)ccc23)c1. The lowest BCUT2D eigenvalue weighted by Crippen LogP contribution is -2.22. The highest BCUT2D eigenvalue weighted by molar-refractivity contribution is 7.23. The summed E-state index contributed by atoms with van der Waals surface area (Å²) in [5.74, 6) is 0.663. The fourth-order valence-corrected chi connectivity index (χ4v) is 4.73. The molecule has 5 nitrogen and oxygen atoms in total. The van der Waals surface area contributed by atoms with Gasteiger partial charge in [0, 0.05) is 28.9 Å². The smallest absolute Gasteiger partial charge is 0.251 e. The maximum Gasteiger partial charge on any atom is 0.251 e. The van der Waals surface area contributed by atoms with Gasteiger partial charge in [-0.3, -0.25) is 9.20 Å². The normalized spacial score (nSPS) is 11.2. The van der Waals surface area contributed by atoms with Crippen molar-refractivity contribution < 1.29 is 9.53 Å². The summed E-state index contributed by atoms with van der Waals surface area (Å²) in [6, 6.07) is 21.0. The molecule has 0 unspecified atom stereocenters. The van der Waals surface area contributed by atoms with E-state index in [4.69, 9.17) is 21.3 Å². The van der Waals surface area contributed by atoms with Crippen LogP contribution in [0.5, 0.6) is 5.75 Å². The molecule has 0 atom stereocenters. The number of hydrogen-bond acceptors (Lipinski definition) is 4. The van der Waals surface area contributed by atoms with Crippen molar-refractivity contribution in [2.45, 2.75) is 6.54 Å². The van der Waals surface area contributed by atoms with E-state index < -0.39 is 0 Å². The van der Waals surface area contributed by atoms with Crippen molar-refractivity contribution in [3.8, 4) is 17.0 Å². The van der Waals surface area contributed by atoms with Crippen LogP contribution in [-0.4, -0.2) is 22.4 Å². The molecule has 5 aromatic rings. The summed E-state index contributed by atoms with van der Waals surface area (Å²) in [4.78, 5) is 18.3. The Labute approximate surface area is 187 Å². The first-order valence-electron chi connectivity index (χ1n) is 9.70. The standard InChI is InChI=1S/C24H18ClN3O2S/c1-30-18-7-4-6-15(11-18)20-14-28-21-10-9-16(12-22(21)31-24(28)27-20)23(29)26-13-17-5-2-3-8-19(17)25/h2-12,14H,13H2,1H3,(H,26,29). The van der Waals surface area contributed by atoms with Crippen LogP contribution in [0, 0.1) is 0 Å². The quantitative estimate of drug-likeness (QED) is 0.370. The van der Waals surface area contributed by atoms with Crippen LogP contribution in [0.2, 0.25) is 5.02 Å². The minimum atomic E-state index is -0.134. The summed E-state index contributed by atoms with van der Waals surface area (Å²) in [6.45, 7) is 0.383. The van der Waals surface area contributed by atoms with Crippen LogP contribution in [0.3, 0.4) is 0 Å². The maximum absolute atomic E-state index is 12.6. The van der Waals surface area contributed by atoms with Gasteiger partial charge in [0.15, 0.2) is 4.96 Å². The minimum Gasteiger partial charge on any atom is -0.497 e. The van der Waals surface area contributed by atoms with Crippen LogP contribution in [0.4, 0.5) is 0 Å². The molecular weight excluding hydrogens is 430 g/mol. The predicted molar refractivity (Wildman–Crippen MR) is 125 cm³/mol. The van der Waals surface area contributed by atoms with Crippen molar-refractivity contribution in [2.24, 2.45) is 0 Å². The Morgan fingerprint density at radius 3 is 2.84 bits per heavy atom. The molecule has 2 aromatic heterocycles. The second-order valence-electron chi connectivity index (χ2n) is 7.07. The molecule has 2 heterocycles. The molecule has 154 valence electrons. The highest BCUT2D eigenvalue weighted by atomic mass is 35.5. The molecular formula is C24H18ClN3O2S. The zero-order chi connectivity index (χ0) is 21.4. The molecule has 0 aliphatic rings. The summed E-state index contributed by atoms with van der Waals surface area (Å²) in [5, 5.41) is 3.58. The predicted octanol–water partition coefficient (Wildman–Crippen LogP) is 5.81. The molecule has 0 fully saturated rings. The van der Waals surface area contributed by atoms with Gasteiger partial charge in [-0.25, -0.2) is 4.98 Å². The topological polar surface area (TPSA) is 55.6 Å². The molecule has 0 radical (unpaired) electrons. The third-order valence-corrected chi connectivity index (χ3v) is 6.51. The molecule has 31 heavy (non-hydrogen) atoms. The van der Waals surface area contributed by atoms with Crippen LogP contribution in [0.15, 0.2) is 72.9 Å². The Hall–Kier alpha value is -3.35. The summed E-state index contributed by atoms with van der Waals surface area (Å²) < 4.78 is 8.38. The Bertz CT molecular complexity index is 1420. The average molecular weight is 448 g/mol.